The van der Waals surface area contributed by atoms with Gasteiger partial charge in [0.25, 0.3) is 5.91 Å². The standard InChI is InChI=1S/C26H31N5OS/c1-19(28-16-20-10-11-20)24-14-23(29-18-31-12-6-3-7-13-31)25(33-24)26(32)30(2)17-22-9-5-4-8-21(22)15-27/h4-5,8-9,14,18,20,28H,1,3,6-7,10-13,16-17H2,2H3/b29-18+. The summed E-state index contributed by atoms with van der Waals surface area (Å²) in [6.07, 6.45) is 8.04. The van der Waals surface area contributed by atoms with Crippen LogP contribution >= 0.6 is 11.3 Å². The molecular formula is C26H31N5OS. The maximum absolute atomic E-state index is 13.4. The number of carbonyl (C=O) groups excluding carboxylic acids is 1. The van der Waals surface area contributed by atoms with Crippen LogP contribution in [0.15, 0.2) is 41.9 Å². The Labute approximate surface area is 200 Å². The number of likely N-dealkylation sites (tertiary alicyclic amines) is 1. The van der Waals surface area contributed by atoms with Gasteiger partial charge in [0.1, 0.15) is 4.88 Å². The molecule has 0 spiro atoms. The first-order chi connectivity index (χ1) is 16.0. The highest BCUT2D eigenvalue weighted by molar-refractivity contribution is 7.15. The van der Waals surface area contributed by atoms with Crippen LogP contribution in [-0.2, 0) is 6.54 Å². The first-order valence-corrected chi connectivity index (χ1v) is 12.5. The monoisotopic (exact) mass is 461 g/mol. The van der Waals surface area contributed by atoms with Crippen LogP contribution in [0.2, 0.25) is 0 Å². The van der Waals surface area contributed by atoms with Crippen molar-refractivity contribution in [3.63, 3.8) is 0 Å². The Balaban J connectivity index is 1.55. The molecule has 1 saturated carbocycles. The number of nitriles is 1. The van der Waals surface area contributed by atoms with Crippen molar-refractivity contribution in [2.45, 2.75) is 38.6 Å². The second-order valence-corrected chi connectivity index (χ2v) is 9.95. The Morgan fingerprint density at radius 1 is 1.33 bits per heavy atom. The lowest BCUT2D eigenvalue weighted by Crippen LogP contribution is -2.28. The molecule has 4 rings (SSSR count). The first-order valence-electron chi connectivity index (χ1n) is 11.6. The van der Waals surface area contributed by atoms with Crippen LogP contribution in [0.3, 0.4) is 0 Å². The van der Waals surface area contributed by atoms with Crippen LogP contribution in [0.5, 0.6) is 0 Å². The topological polar surface area (TPSA) is 71.7 Å². The van der Waals surface area contributed by atoms with Crippen molar-refractivity contribution >= 4 is 35.0 Å². The zero-order valence-corrected chi connectivity index (χ0v) is 20.0. The zero-order chi connectivity index (χ0) is 23.2. The van der Waals surface area contributed by atoms with Gasteiger partial charge in [-0.3, -0.25) is 4.79 Å². The summed E-state index contributed by atoms with van der Waals surface area (Å²) in [5.74, 6) is 0.644. The van der Waals surface area contributed by atoms with Crippen LogP contribution in [-0.4, -0.2) is 48.7 Å². The summed E-state index contributed by atoms with van der Waals surface area (Å²) in [5, 5.41) is 12.8. The van der Waals surface area contributed by atoms with Crippen molar-refractivity contribution in [2.24, 2.45) is 10.9 Å². The van der Waals surface area contributed by atoms with Crippen LogP contribution in [0, 0.1) is 17.2 Å². The average Bonchev–Trinajstić information content (AvgIpc) is 3.58. The fourth-order valence-corrected chi connectivity index (χ4v) is 4.95. The second-order valence-electron chi connectivity index (χ2n) is 8.90. The van der Waals surface area contributed by atoms with Crippen molar-refractivity contribution in [3.05, 3.63) is 57.8 Å². The van der Waals surface area contributed by atoms with Gasteiger partial charge in [0, 0.05) is 38.9 Å². The van der Waals surface area contributed by atoms with E-state index in [0.717, 1.165) is 41.7 Å². The molecule has 1 saturated heterocycles. The maximum atomic E-state index is 13.4. The molecule has 1 aliphatic carbocycles. The lowest BCUT2D eigenvalue weighted by atomic mass is 10.1. The lowest BCUT2D eigenvalue weighted by Gasteiger charge is -2.23. The summed E-state index contributed by atoms with van der Waals surface area (Å²) in [7, 11) is 1.77. The summed E-state index contributed by atoms with van der Waals surface area (Å²) in [6, 6.07) is 11.6. The molecule has 1 aromatic heterocycles. The van der Waals surface area contributed by atoms with E-state index < -0.39 is 0 Å². The van der Waals surface area contributed by atoms with Gasteiger partial charge in [-0.1, -0.05) is 24.8 Å². The van der Waals surface area contributed by atoms with Crippen LogP contribution < -0.4 is 5.32 Å². The highest BCUT2D eigenvalue weighted by Gasteiger charge is 2.24. The summed E-state index contributed by atoms with van der Waals surface area (Å²) in [5.41, 5.74) is 2.95. The van der Waals surface area contributed by atoms with Crippen molar-refractivity contribution in [3.8, 4) is 6.07 Å². The molecule has 172 valence electrons. The Hall–Kier alpha value is -3.11. The van der Waals surface area contributed by atoms with E-state index in [1.54, 1.807) is 18.0 Å². The number of hydrogen-bond acceptors (Lipinski definition) is 5. The number of amides is 1. The number of piperidine rings is 1. The predicted octanol–water partition coefficient (Wildman–Crippen LogP) is 5.01. The SMILES string of the molecule is C=C(NCC1CC1)c1cc(/N=C/N2CCCCC2)c(C(=O)N(C)Cc2ccccc2C#N)s1. The highest BCUT2D eigenvalue weighted by Crippen LogP contribution is 2.35. The molecule has 0 bridgehead atoms. The Morgan fingerprint density at radius 3 is 2.82 bits per heavy atom. The number of nitrogens with zero attached hydrogens (tertiary/aromatic N) is 4. The third kappa shape index (κ3) is 6.02. The van der Waals surface area contributed by atoms with E-state index in [1.807, 2.05) is 30.6 Å². The molecule has 0 unspecified atom stereocenters. The number of aliphatic imine (C=N–C) groups is 1. The molecule has 2 aliphatic rings. The van der Waals surface area contributed by atoms with Crippen molar-refractivity contribution in [2.75, 3.05) is 26.7 Å². The Kier molecular flexibility index (Phi) is 7.46. The van der Waals surface area contributed by atoms with E-state index in [4.69, 9.17) is 4.99 Å². The van der Waals surface area contributed by atoms with E-state index in [9.17, 15) is 10.1 Å². The third-order valence-corrected chi connectivity index (χ3v) is 7.32. The van der Waals surface area contributed by atoms with Gasteiger partial charge in [0.2, 0.25) is 0 Å². The molecule has 1 aromatic carbocycles. The summed E-state index contributed by atoms with van der Waals surface area (Å²) >= 11 is 1.43. The summed E-state index contributed by atoms with van der Waals surface area (Å²) in [4.78, 5) is 23.6. The molecule has 1 N–H and O–H groups in total. The summed E-state index contributed by atoms with van der Waals surface area (Å²) < 4.78 is 0. The fourth-order valence-electron chi connectivity index (χ4n) is 3.90. The normalized spacial score (nSPS) is 15.9. The van der Waals surface area contributed by atoms with Gasteiger partial charge in [0.05, 0.1) is 28.5 Å². The number of rotatable bonds is 9. The first kappa shape index (κ1) is 23.1. The van der Waals surface area contributed by atoms with Gasteiger partial charge in [0.15, 0.2) is 0 Å². The van der Waals surface area contributed by atoms with Gasteiger partial charge in [-0.05, 0) is 55.7 Å². The van der Waals surface area contributed by atoms with Crippen LogP contribution in [0.4, 0.5) is 5.69 Å². The number of carbonyl (C=O) groups is 1. The molecule has 33 heavy (non-hydrogen) atoms. The molecule has 0 atom stereocenters. The quantitative estimate of drug-likeness (QED) is 0.421. The van der Waals surface area contributed by atoms with Gasteiger partial charge in [-0.2, -0.15) is 5.26 Å². The number of nitrogens with one attached hydrogen (secondary N) is 1. The van der Waals surface area contributed by atoms with Crippen LogP contribution in [0.1, 0.15) is 57.8 Å². The smallest absolute Gasteiger partial charge is 0.266 e. The number of thiophene rings is 1. The molecule has 6 nitrogen and oxygen atoms in total. The summed E-state index contributed by atoms with van der Waals surface area (Å²) in [6.45, 7) is 7.50. The minimum atomic E-state index is -0.0974. The van der Waals surface area contributed by atoms with E-state index in [-0.39, 0.29) is 5.91 Å². The minimum absolute atomic E-state index is 0.0974. The molecule has 2 fully saturated rings. The second kappa shape index (κ2) is 10.7. The van der Waals surface area contributed by atoms with Crippen molar-refractivity contribution < 1.29 is 4.79 Å². The molecule has 7 heteroatoms. The van der Waals surface area contributed by atoms with Gasteiger partial charge >= 0.3 is 0 Å². The molecule has 1 aliphatic heterocycles. The largest absolute Gasteiger partial charge is 0.384 e. The van der Waals surface area contributed by atoms with Crippen molar-refractivity contribution in [1.82, 2.24) is 15.1 Å². The number of benzene rings is 1. The number of hydrogen-bond donors (Lipinski definition) is 1. The van der Waals surface area contributed by atoms with E-state index in [2.05, 4.69) is 22.9 Å². The average molecular weight is 462 g/mol. The highest BCUT2D eigenvalue weighted by atomic mass is 32.1. The van der Waals surface area contributed by atoms with E-state index >= 15 is 0 Å². The van der Waals surface area contributed by atoms with Crippen LogP contribution in [0.25, 0.3) is 5.70 Å². The fraction of sp³-hybridized carbons (Fsp3) is 0.423. The predicted molar refractivity (Wildman–Crippen MR) is 135 cm³/mol. The van der Waals surface area contributed by atoms with Gasteiger partial charge in [-0.15, -0.1) is 11.3 Å². The van der Waals surface area contributed by atoms with Gasteiger partial charge < -0.3 is 15.1 Å². The lowest BCUT2D eigenvalue weighted by molar-refractivity contribution is 0.0790. The maximum Gasteiger partial charge on any atom is 0.266 e. The molecule has 1 amide bonds. The molecule has 2 aromatic rings. The van der Waals surface area contributed by atoms with Crippen molar-refractivity contribution in [1.29, 1.82) is 5.26 Å². The zero-order valence-electron chi connectivity index (χ0n) is 19.2. The van der Waals surface area contributed by atoms with Gasteiger partial charge in [-0.25, -0.2) is 4.99 Å². The molecule has 0 radical (unpaired) electrons. The Morgan fingerprint density at radius 2 is 2.09 bits per heavy atom. The molecular weight excluding hydrogens is 430 g/mol. The third-order valence-electron chi connectivity index (χ3n) is 6.15. The van der Waals surface area contributed by atoms with E-state index in [1.165, 1.54) is 43.4 Å². The minimum Gasteiger partial charge on any atom is -0.384 e. The Bertz CT molecular complexity index is 1070. The van der Waals surface area contributed by atoms with E-state index in [0.29, 0.717) is 22.7 Å². The molecule has 2 heterocycles.